The molecule has 1 aliphatic rings. The molecule has 5 nitrogen and oxygen atoms in total. The number of aromatic nitrogens is 2. The number of benzene rings is 9. The van der Waals surface area contributed by atoms with E-state index in [0.29, 0.717) is 28.8 Å². The van der Waals surface area contributed by atoms with Gasteiger partial charge in [0.25, 0.3) is 0 Å². The minimum absolute atomic E-state index is 0.282. The second-order valence-corrected chi connectivity index (χ2v) is 17.1. The van der Waals surface area contributed by atoms with Crippen molar-refractivity contribution < 1.29 is 9.47 Å². The van der Waals surface area contributed by atoms with E-state index in [1.54, 1.807) is 0 Å². The molecule has 2 heterocycles. The molecule has 0 amide bonds. The summed E-state index contributed by atoms with van der Waals surface area (Å²) in [4.78, 5) is 16.1. The van der Waals surface area contributed by atoms with E-state index in [9.17, 15) is 0 Å². The van der Waals surface area contributed by atoms with Gasteiger partial charge in [-0.2, -0.15) is 0 Å². The van der Waals surface area contributed by atoms with Crippen molar-refractivity contribution in [3.63, 3.8) is 0 Å². The molecule has 0 bridgehead atoms. The summed E-state index contributed by atoms with van der Waals surface area (Å²) in [5, 5.41) is 2.37. The molecule has 0 N–H and O–H groups in total. The van der Waals surface area contributed by atoms with Gasteiger partial charge in [-0.15, -0.1) is 0 Å². The van der Waals surface area contributed by atoms with Gasteiger partial charge < -0.3 is 9.47 Å². The molecule has 0 aliphatic carbocycles. The number of hydrogen-bond donors (Lipinski definition) is 0. The lowest BCUT2D eigenvalue weighted by Crippen LogP contribution is -2.04. The summed E-state index contributed by atoms with van der Waals surface area (Å²) in [5.41, 5.74) is 13.6. The molecular formula is C63H47N3O2. The van der Waals surface area contributed by atoms with Gasteiger partial charge >= 0.3 is 0 Å². The van der Waals surface area contributed by atoms with Crippen LogP contribution in [0.25, 0.3) is 72.5 Å². The van der Waals surface area contributed by atoms with Crippen LogP contribution >= 0.6 is 0 Å². The molecule has 10 aromatic rings. The highest BCUT2D eigenvalue weighted by atomic mass is 16.6. The maximum absolute atomic E-state index is 6.76. The van der Waals surface area contributed by atoms with E-state index >= 15 is 0 Å². The highest BCUT2D eigenvalue weighted by Crippen LogP contribution is 2.49. The maximum Gasteiger partial charge on any atom is 0.170 e. The number of fused-ring (bicyclic) bond motifs is 3. The van der Waals surface area contributed by atoms with Gasteiger partial charge in [-0.1, -0.05) is 202 Å². The standard InChI is InChI=1S/C63H47N3O2/c1-3-42(2)54(44-19-8-4-9-20-44)40-55(45-22-10-5-11-23-45)64-58-37-50(63-65-56(46-24-12-6-13-25-46)41-57(66-63)47-26-14-7-15-27-47)31-34-53(58)49-33-36-60-62(39-49)68-61-38-48(32-35-59(61)67-60)52-30-18-28-43-21-16-17-29-51(43)52/h4-42H,3H2,1-2H3/b54-40+,64-55+. The van der Waals surface area contributed by atoms with Gasteiger partial charge in [0.15, 0.2) is 28.8 Å². The van der Waals surface area contributed by atoms with Crippen molar-refractivity contribution in [2.45, 2.75) is 20.3 Å². The van der Waals surface area contributed by atoms with Gasteiger partial charge in [-0.25, -0.2) is 15.0 Å². The van der Waals surface area contributed by atoms with Gasteiger partial charge in [-0.05, 0) is 93.4 Å². The summed E-state index contributed by atoms with van der Waals surface area (Å²) in [7, 11) is 0. The molecule has 1 aromatic heterocycles. The molecule has 9 aromatic carbocycles. The predicted octanol–water partition coefficient (Wildman–Crippen LogP) is 17.1. The predicted molar refractivity (Wildman–Crippen MR) is 280 cm³/mol. The van der Waals surface area contributed by atoms with Crippen LogP contribution in [-0.4, -0.2) is 15.7 Å². The summed E-state index contributed by atoms with van der Waals surface area (Å²) in [6, 6.07) is 77.2. The van der Waals surface area contributed by atoms with Crippen molar-refractivity contribution in [3.05, 3.63) is 242 Å². The van der Waals surface area contributed by atoms with Crippen LogP contribution in [0.5, 0.6) is 23.0 Å². The second-order valence-electron chi connectivity index (χ2n) is 17.1. The summed E-state index contributed by atoms with van der Waals surface area (Å²) < 4.78 is 13.3. The van der Waals surface area contributed by atoms with Crippen LogP contribution in [0.3, 0.4) is 0 Å². The Morgan fingerprint density at radius 1 is 0.471 bits per heavy atom. The fraction of sp³-hybridized carbons (Fsp3) is 0.0635. The molecule has 0 radical (unpaired) electrons. The first-order chi connectivity index (χ1) is 33.5. The third-order valence-electron chi connectivity index (χ3n) is 12.7. The van der Waals surface area contributed by atoms with Crippen molar-refractivity contribution >= 4 is 27.7 Å². The molecule has 0 spiro atoms. The summed E-state index contributed by atoms with van der Waals surface area (Å²) in [6.45, 7) is 4.52. The fourth-order valence-electron chi connectivity index (χ4n) is 8.92. The van der Waals surface area contributed by atoms with Crippen molar-refractivity contribution in [3.8, 4) is 79.2 Å². The van der Waals surface area contributed by atoms with Gasteiger partial charge in [0.05, 0.1) is 22.8 Å². The van der Waals surface area contributed by atoms with E-state index in [2.05, 4.69) is 190 Å². The van der Waals surface area contributed by atoms with E-state index < -0.39 is 0 Å². The van der Waals surface area contributed by atoms with E-state index in [4.69, 9.17) is 24.4 Å². The molecule has 1 aliphatic heterocycles. The Hall–Kier alpha value is -8.67. The molecule has 11 rings (SSSR count). The SMILES string of the molecule is CCC(C)/C(=C\C(=N/c1cc(-c2nc(-c3ccccc3)cc(-c3ccccc3)n2)ccc1-c1ccc2c(c1)Oc1cc(-c3cccc4ccccc34)ccc1O2)c1ccccc1)c1ccccc1. The highest BCUT2D eigenvalue weighted by Gasteiger charge is 2.23. The molecule has 326 valence electrons. The Morgan fingerprint density at radius 2 is 1.00 bits per heavy atom. The minimum atomic E-state index is 0.282. The van der Waals surface area contributed by atoms with Crippen LogP contribution in [0.2, 0.25) is 0 Å². The second kappa shape index (κ2) is 18.7. The zero-order chi connectivity index (χ0) is 45.8. The summed E-state index contributed by atoms with van der Waals surface area (Å²) >= 11 is 0. The third-order valence-corrected chi connectivity index (χ3v) is 12.7. The molecule has 0 saturated heterocycles. The Bertz CT molecular complexity index is 3430. The fourth-order valence-corrected chi connectivity index (χ4v) is 8.92. The lowest BCUT2D eigenvalue weighted by Gasteiger charge is -2.22. The average Bonchev–Trinajstić information content (AvgIpc) is 3.41. The number of ether oxygens (including phenoxy) is 2. The van der Waals surface area contributed by atoms with Gasteiger partial charge in [0.1, 0.15) is 0 Å². The first-order valence-electron chi connectivity index (χ1n) is 23.2. The van der Waals surface area contributed by atoms with E-state index in [0.717, 1.165) is 73.7 Å². The lowest BCUT2D eigenvalue weighted by atomic mass is 9.90. The maximum atomic E-state index is 6.76. The van der Waals surface area contributed by atoms with Crippen molar-refractivity contribution in [1.29, 1.82) is 0 Å². The first-order valence-corrected chi connectivity index (χ1v) is 23.2. The highest BCUT2D eigenvalue weighted by molar-refractivity contribution is 6.14. The van der Waals surface area contributed by atoms with Crippen LogP contribution < -0.4 is 9.47 Å². The van der Waals surface area contributed by atoms with Crippen LogP contribution in [0.4, 0.5) is 5.69 Å². The summed E-state index contributed by atoms with van der Waals surface area (Å²) in [5.74, 6) is 3.50. The molecule has 0 saturated carbocycles. The minimum Gasteiger partial charge on any atom is -0.450 e. The molecule has 68 heavy (non-hydrogen) atoms. The zero-order valence-electron chi connectivity index (χ0n) is 37.9. The number of hydrogen-bond acceptors (Lipinski definition) is 5. The van der Waals surface area contributed by atoms with Crippen LogP contribution in [0.1, 0.15) is 31.4 Å². The van der Waals surface area contributed by atoms with Gasteiger partial charge in [0, 0.05) is 27.8 Å². The molecule has 5 heteroatoms. The van der Waals surface area contributed by atoms with E-state index in [-0.39, 0.29) is 5.92 Å². The largest absolute Gasteiger partial charge is 0.450 e. The van der Waals surface area contributed by atoms with Crippen molar-refractivity contribution in [2.75, 3.05) is 0 Å². The van der Waals surface area contributed by atoms with Crippen LogP contribution in [0.15, 0.2) is 236 Å². The average molecular weight is 878 g/mol. The lowest BCUT2D eigenvalue weighted by molar-refractivity contribution is 0.360. The summed E-state index contributed by atoms with van der Waals surface area (Å²) in [6.07, 6.45) is 3.25. The zero-order valence-corrected chi connectivity index (χ0v) is 37.9. The molecule has 1 atom stereocenters. The molecular weight excluding hydrogens is 831 g/mol. The van der Waals surface area contributed by atoms with E-state index in [1.807, 2.05) is 54.6 Å². The van der Waals surface area contributed by atoms with E-state index in [1.165, 1.54) is 21.9 Å². The van der Waals surface area contributed by atoms with Gasteiger partial charge in [-0.3, -0.25) is 0 Å². The Labute approximate surface area is 397 Å². The number of nitrogens with zero attached hydrogens (tertiary/aromatic N) is 3. The third kappa shape index (κ3) is 8.61. The van der Waals surface area contributed by atoms with Crippen molar-refractivity contribution in [1.82, 2.24) is 9.97 Å². The van der Waals surface area contributed by atoms with Crippen LogP contribution in [-0.2, 0) is 0 Å². The molecule has 0 fully saturated rings. The quantitative estimate of drug-likeness (QED) is 0.121. The normalized spacial score (nSPS) is 12.7. The first kappa shape index (κ1) is 42.0. The number of rotatable bonds is 11. The topological polar surface area (TPSA) is 56.6 Å². The number of allylic oxidation sites excluding steroid dienone is 2. The van der Waals surface area contributed by atoms with Crippen LogP contribution in [0, 0.1) is 5.92 Å². The molecule has 1 unspecified atom stereocenters. The number of aliphatic imine (C=N–C) groups is 1. The Balaban J connectivity index is 1.08. The Kier molecular flexibility index (Phi) is 11.5. The van der Waals surface area contributed by atoms with Crippen molar-refractivity contribution in [2.24, 2.45) is 10.9 Å². The van der Waals surface area contributed by atoms with Gasteiger partial charge in [0.2, 0.25) is 0 Å². The monoisotopic (exact) mass is 877 g/mol. The smallest absolute Gasteiger partial charge is 0.170 e. The Morgan fingerprint density at radius 3 is 1.63 bits per heavy atom.